The standard InChI is InChI=1S/C19H23F2N3O2S2/c1-22-19(24-12-14-7-8-16(20)11-15(14)13-27-2)23-9-10-28(25,26)18-6-4-3-5-17(18)21/h3-8,11H,9-10,12-13H2,1-2H3,(H2,22,23,24). The van der Waals surface area contributed by atoms with Gasteiger partial charge in [-0.05, 0) is 41.6 Å². The van der Waals surface area contributed by atoms with E-state index in [-0.39, 0.29) is 23.0 Å². The van der Waals surface area contributed by atoms with Gasteiger partial charge in [0, 0.05) is 25.9 Å². The van der Waals surface area contributed by atoms with Crippen LogP contribution in [0.1, 0.15) is 11.1 Å². The van der Waals surface area contributed by atoms with Crippen LogP contribution in [0.2, 0.25) is 0 Å². The zero-order chi connectivity index (χ0) is 20.6. The van der Waals surface area contributed by atoms with Crippen LogP contribution in [0.25, 0.3) is 0 Å². The predicted molar refractivity (Wildman–Crippen MR) is 110 cm³/mol. The van der Waals surface area contributed by atoms with E-state index < -0.39 is 15.7 Å². The third kappa shape index (κ3) is 6.20. The molecule has 0 fully saturated rings. The Morgan fingerprint density at radius 3 is 2.54 bits per heavy atom. The highest BCUT2D eigenvalue weighted by molar-refractivity contribution is 7.97. The summed E-state index contributed by atoms with van der Waals surface area (Å²) in [5.74, 6) is -0.232. The number of hydrogen-bond acceptors (Lipinski definition) is 4. The minimum atomic E-state index is -3.75. The lowest BCUT2D eigenvalue weighted by molar-refractivity contribution is 0.566. The molecule has 152 valence electrons. The Kier molecular flexibility index (Phi) is 8.25. The molecule has 2 rings (SSSR count). The van der Waals surface area contributed by atoms with Crippen LogP contribution in [0.15, 0.2) is 52.4 Å². The molecule has 2 N–H and O–H groups in total. The third-order valence-corrected chi connectivity index (χ3v) is 6.32. The van der Waals surface area contributed by atoms with Crippen molar-refractivity contribution in [1.82, 2.24) is 10.6 Å². The highest BCUT2D eigenvalue weighted by atomic mass is 32.2. The molecule has 0 amide bonds. The van der Waals surface area contributed by atoms with Gasteiger partial charge in [-0.25, -0.2) is 17.2 Å². The van der Waals surface area contributed by atoms with E-state index in [4.69, 9.17) is 0 Å². The second-order valence-corrected chi connectivity index (χ2v) is 8.89. The van der Waals surface area contributed by atoms with Crippen molar-refractivity contribution in [3.8, 4) is 0 Å². The van der Waals surface area contributed by atoms with Crippen LogP contribution in [0.3, 0.4) is 0 Å². The number of nitrogens with one attached hydrogen (secondary N) is 2. The van der Waals surface area contributed by atoms with Gasteiger partial charge >= 0.3 is 0 Å². The van der Waals surface area contributed by atoms with Crippen molar-refractivity contribution in [2.24, 2.45) is 4.99 Å². The first kappa shape index (κ1) is 22.2. The summed E-state index contributed by atoms with van der Waals surface area (Å²) in [5, 5.41) is 5.99. The zero-order valence-electron chi connectivity index (χ0n) is 15.7. The molecule has 0 bridgehead atoms. The minimum absolute atomic E-state index is 0.0669. The van der Waals surface area contributed by atoms with Crippen molar-refractivity contribution in [3.63, 3.8) is 0 Å². The van der Waals surface area contributed by atoms with Crippen LogP contribution < -0.4 is 10.6 Å². The van der Waals surface area contributed by atoms with Gasteiger partial charge in [0.2, 0.25) is 0 Å². The molecule has 0 unspecified atom stereocenters. The number of halogens is 2. The molecule has 0 saturated carbocycles. The molecule has 28 heavy (non-hydrogen) atoms. The number of benzene rings is 2. The fraction of sp³-hybridized carbons (Fsp3) is 0.316. The number of nitrogens with zero attached hydrogens (tertiary/aromatic N) is 1. The van der Waals surface area contributed by atoms with Gasteiger partial charge in [-0.2, -0.15) is 11.8 Å². The maximum atomic E-state index is 13.7. The quantitative estimate of drug-likeness (QED) is 0.501. The van der Waals surface area contributed by atoms with Crippen molar-refractivity contribution in [1.29, 1.82) is 0 Å². The van der Waals surface area contributed by atoms with Crippen LogP contribution >= 0.6 is 11.8 Å². The second kappa shape index (κ2) is 10.4. The zero-order valence-corrected chi connectivity index (χ0v) is 17.3. The Labute approximate surface area is 168 Å². The van der Waals surface area contributed by atoms with E-state index in [1.54, 1.807) is 24.9 Å². The Morgan fingerprint density at radius 2 is 1.86 bits per heavy atom. The fourth-order valence-corrected chi connectivity index (χ4v) is 4.39. The molecule has 5 nitrogen and oxygen atoms in total. The first-order valence-electron chi connectivity index (χ1n) is 8.55. The van der Waals surface area contributed by atoms with Crippen LogP contribution in [0.4, 0.5) is 8.78 Å². The van der Waals surface area contributed by atoms with E-state index in [0.29, 0.717) is 18.3 Å². The summed E-state index contributed by atoms with van der Waals surface area (Å²) in [6.07, 6.45) is 1.94. The van der Waals surface area contributed by atoms with E-state index in [1.807, 2.05) is 6.26 Å². The summed E-state index contributed by atoms with van der Waals surface area (Å²) in [7, 11) is -2.18. The van der Waals surface area contributed by atoms with Crippen LogP contribution in [-0.4, -0.2) is 40.0 Å². The highest BCUT2D eigenvalue weighted by Crippen LogP contribution is 2.17. The Hall–Kier alpha value is -2.13. The summed E-state index contributed by atoms with van der Waals surface area (Å²) >= 11 is 1.60. The van der Waals surface area contributed by atoms with Crippen molar-refractivity contribution < 1.29 is 17.2 Å². The molecule has 0 heterocycles. The van der Waals surface area contributed by atoms with Crippen molar-refractivity contribution in [3.05, 3.63) is 65.2 Å². The van der Waals surface area contributed by atoms with Crippen molar-refractivity contribution in [2.75, 3.05) is 25.6 Å². The van der Waals surface area contributed by atoms with E-state index >= 15 is 0 Å². The topological polar surface area (TPSA) is 70.6 Å². The average molecular weight is 428 g/mol. The summed E-state index contributed by atoms with van der Waals surface area (Å²) < 4.78 is 51.7. The molecular weight excluding hydrogens is 404 g/mol. The van der Waals surface area contributed by atoms with Gasteiger partial charge in [0.1, 0.15) is 16.5 Å². The van der Waals surface area contributed by atoms with Gasteiger partial charge in [0.05, 0.1) is 5.75 Å². The molecule has 0 saturated heterocycles. The molecule has 0 aliphatic rings. The smallest absolute Gasteiger partial charge is 0.191 e. The molecule has 0 aromatic heterocycles. The third-order valence-electron chi connectivity index (χ3n) is 3.97. The number of rotatable bonds is 8. The monoisotopic (exact) mass is 427 g/mol. The van der Waals surface area contributed by atoms with Crippen LogP contribution in [-0.2, 0) is 22.1 Å². The first-order valence-corrected chi connectivity index (χ1v) is 11.6. The van der Waals surface area contributed by atoms with Gasteiger partial charge in [-0.15, -0.1) is 0 Å². The summed E-state index contributed by atoms with van der Waals surface area (Å²) in [4.78, 5) is 3.74. The van der Waals surface area contributed by atoms with Crippen LogP contribution in [0.5, 0.6) is 0 Å². The number of hydrogen-bond donors (Lipinski definition) is 2. The fourth-order valence-electron chi connectivity index (χ4n) is 2.57. The Balaban J connectivity index is 1.93. The Morgan fingerprint density at radius 1 is 1.11 bits per heavy atom. The van der Waals surface area contributed by atoms with Crippen LogP contribution in [0, 0.1) is 11.6 Å². The molecule has 2 aromatic rings. The lowest BCUT2D eigenvalue weighted by Crippen LogP contribution is -2.39. The van der Waals surface area contributed by atoms with E-state index in [9.17, 15) is 17.2 Å². The summed E-state index contributed by atoms with van der Waals surface area (Å²) in [6.45, 7) is 0.480. The molecule has 0 atom stereocenters. The number of guanidine groups is 1. The van der Waals surface area contributed by atoms with E-state index in [2.05, 4.69) is 15.6 Å². The molecule has 0 radical (unpaired) electrons. The number of thioether (sulfide) groups is 1. The lowest BCUT2D eigenvalue weighted by Gasteiger charge is -2.14. The van der Waals surface area contributed by atoms with Gasteiger partial charge in [-0.3, -0.25) is 4.99 Å². The minimum Gasteiger partial charge on any atom is -0.355 e. The first-order chi connectivity index (χ1) is 13.4. The maximum Gasteiger partial charge on any atom is 0.191 e. The largest absolute Gasteiger partial charge is 0.355 e. The SMILES string of the molecule is CN=C(NCCS(=O)(=O)c1ccccc1F)NCc1ccc(F)cc1CSC. The lowest BCUT2D eigenvalue weighted by atomic mass is 10.1. The highest BCUT2D eigenvalue weighted by Gasteiger charge is 2.18. The summed E-state index contributed by atoms with van der Waals surface area (Å²) in [5.41, 5.74) is 1.82. The normalized spacial score (nSPS) is 12.1. The number of sulfone groups is 1. The van der Waals surface area contributed by atoms with Gasteiger partial charge in [0.15, 0.2) is 15.8 Å². The van der Waals surface area contributed by atoms with E-state index in [1.165, 1.54) is 30.3 Å². The molecule has 0 aliphatic heterocycles. The average Bonchev–Trinajstić information content (AvgIpc) is 2.66. The van der Waals surface area contributed by atoms with Gasteiger partial charge in [-0.1, -0.05) is 18.2 Å². The summed E-state index contributed by atoms with van der Waals surface area (Å²) in [6, 6.07) is 9.92. The van der Waals surface area contributed by atoms with Crippen molar-refractivity contribution >= 4 is 27.6 Å². The van der Waals surface area contributed by atoms with E-state index in [0.717, 1.165) is 17.2 Å². The Bertz CT molecular complexity index is 935. The molecule has 9 heteroatoms. The molecular formula is C19H23F2N3O2S2. The number of aliphatic imine (C=N–C) groups is 1. The maximum absolute atomic E-state index is 13.7. The van der Waals surface area contributed by atoms with Crippen molar-refractivity contribution in [2.45, 2.75) is 17.2 Å². The molecule has 0 aliphatic carbocycles. The molecule has 0 spiro atoms. The van der Waals surface area contributed by atoms with Gasteiger partial charge < -0.3 is 10.6 Å². The predicted octanol–water partition coefficient (Wildman–Crippen LogP) is 2.97. The van der Waals surface area contributed by atoms with Gasteiger partial charge in [0.25, 0.3) is 0 Å². The molecule has 2 aromatic carbocycles. The second-order valence-electron chi connectivity index (χ2n) is 5.95.